The van der Waals surface area contributed by atoms with Crippen LogP contribution in [0.4, 0.5) is 0 Å². The second kappa shape index (κ2) is 8.60. The first-order valence-corrected chi connectivity index (χ1v) is 10.5. The van der Waals surface area contributed by atoms with E-state index in [-0.39, 0.29) is 5.91 Å². The van der Waals surface area contributed by atoms with E-state index in [1.54, 1.807) is 7.11 Å². The van der Waals surface area contributed by atoms with Crippen LogP contribution >= 0.6 is 11.8 Å². The summed E-state index contributed by atoms with van der Waals surface area (Å²) in [6.07, 6.45) is 4.65. The van der Waals surface area contributed by atoms with Gasteiger partial charge in [0.1, 0.15) is 5.75 Å². The molecule has 1 fully saturated rings. The number of nitrogens with one attached hydrogen (secondary N) is 1. The van der Waals surface area contributed by atoms with Crippen molar-refractivity contribution in [1.82, 2.24) is 25.5 Å². The minimum Gasteiger partial charge on any atom is -0.497 e. The number of carbonyl (C=O) groups excluding carboxylic acids is 1. The Morgan fingerprint density at radius 3 is 2.82 bits per heavy atom. The number of ether oxygens (including phenoxy) is 1. The zero-order valence-electron chi connectivity index (χ0n) is 15.8. The van der Waals surface area contributed by atoms with Crippen LogP contribution in [0.5, 0.6) is 5.75 Å². The molecular formula is C20H23N5O2S. The quantitative estimate of drug-likeness (QED) is 0.616. The molecule has 1 amide bonds. The summed E-state index contributed by atoms with van der Waals surface area (Å²) in [5, 5.41) is 17.9. The fourth-order valence-electron chi connectivity index (χ4n) is 3.55. The molecule has 0 aliphatic heterocycles. The molecule has 28 heavy (non-hydrogen) atoms. The highest BCUT2D eigenvalue weighted by atomic mass is 32.2. The summed E-state index contributed by atoms with van der Waals surface area (Å²) in [6.45, 7) is 0.495. The van der Waals surface area contributed by atoms with Crippen molar-refractivity contribution in [2.75, 3.05) is 12.9 Å². The number of aromatic nitrogens is 4. The van der Waals surface area contributed by atoms with Crippen LogP contribution in [0.15, 0.2) is 41.6 Å². The lowest BCUT2D eigenvalue weighted by atomic mass is 10.1. The topological polar surface area (TPSA) is 81.9 Å². The molecule has 3 aromatic rings. The number of thioether (sulfide) groups is 1. The number of hydrogen-bond donors (Lipinski definition) is 1. The van der Waals surface area contributed by atoms with Crippen LogP contribution in [-0.4, -0.2) is 39.0 Å². The van der Waals surface area contributed by atoms with E-state index in [1.807, 2.05) is 35.0 Å². The van der Waals surface area contributed by atoms with Gasteiger partial charge >= 0.3 is 0 Å². The van der Waals surface area contributed by atoms with Crippen LogP contribution in [0.3, 0.4) is 0 Å². The molecule has 0 atom stereocenters. The first-order valence-electron chi connectivity index (χ1n) is 9.47. The highest BCUT2D eigenvalue weighted by Crippen LogP contribution is 2.31. The van der Waals surface area contributed by atoms with E-state index in [4.69, 9.17) is 4.74 Å². The number of hydrogen-bond acceptors (Lipinski definition) is 6. The van der Waals surface area contributed by atoms with Gasteiger partial charge in [0.2, 0.25) is 11.1 Å². The first-order chi connectivity index (χ1) is 13.7. The van der Waals surface area contributed by atoms with Crippen molar-refractivity contribution in [3.63, 3.8) is 0 Å². The lowest BCUT2D eigenvalue weighted by Gasteiger charge is -2.11. The molecule has 1 heterocycles. The van der Waals surface area contributed by atoms with E-state index in [1.165, 1.54) is 24.6 Å². The first kappa shape index (κ1) is 18.7. The van der Waals surface area contributed by atoms with E-state index in [0.717, 1.165) is 40.1 Å². The molecule has 1 saturated carbocycles. The highest BCUT2D eigenvalue weighted by Gasteiger charge is 2.22. The average Bonchev–Trinajstić information content (AvgIpc) is 3.41. The molecular weight excluding hydrogens is 374 g/mol. The van der Waals surface area contributed by atoms with Gasteiger partial charge in [-0.2, -0.15) is 0 Å². The number of tetrazole rings is 1. The van der Waals surface area contributed by atoms with Crippen molar-refractivity contribution in [2.45, 2.75) is 43.4 Å². The molecule has 1 aliphatic carbocycles. The van der Waals surface area contributed by atoms with Crippen molar-refractivity contribution in [3.8, 4) is 5.75 Å². The fraction of sp³-hybridized carbons (Fsp3) is 0.400. The van der Waals surface area contributed by atoms with E-state index >= 15 is 0 Å². The Balaban J connectivity index is 1.31. The standard InChI is InChI=1S/C20H23N5O2S/c1-27-18-9-8-15-10-14(6-7-16(15)11-18)12-21-19(26)13-28-20-22-23-24-25(20)17-4-2-3-5-17/h6-11,17H,2-5,12-13H2,1H3,(H,21,26). The molecule has 1 aromatic heterocycles. The van der Waals surface area contributed by atoms with E-state index in [2.05, 4.69) is 26.9 Å². The fourth-order valence-corrected chi connectivity index (χ4v) is 4.32. The second-order valence-corrected chi connectivity index (χ2v) is 7.90. The number of rotatable bonds is 7. The summed E-state index contributed by atoms with van der Waals surface area (Å²) in [4.78, 5) is 12.3. The van der Waals surface area contributed by atoms with Gasteiger partial charge in [-0.25, -0.2) is 4.68 Å². The van der Waals surface area contributed by atoms with Crippen LogP contribution in [-0.2, 0) is 11.3 Å². The third kappa shape index (κ3) is 4.27. The van der Waals surface area contributed by atoms with Gasteiger partial charge in [0.25, 0.3) is 0 Å². The maximum absolute atomic E-state index is 12.3. The molecule has 1 N–H and O–H groups in total. The number of fused-ring (bicyclic) bond motifs is 1. The molecule has 4 rings (SSSR count). The SMILES string of the molecule is COc1ccc2cc(CNC(=O)CSc3nnnn3C3CCCC3)ccc2c1. The van der Waals surface area contributed by atoms with Gasteiger partial charge in [0.05, 0.1) is 18.9 Å². The normalized spacial score (nSPS) is 14.5. The Bertz CT molecular complexity index is 968. The lowest BCUT2D eigenvalue weighted by molar-refractivity contribution is -0.118. The lowest BCUT2D eigenvalue weighted by Crippen LogP contribution is -2.24. The van der Waals surface area contributed by atoms with Gasteiger partial charge in [0, 0.05) is 6.54 Å². The Labute approximate surface area is 167 Å². The molecule has 8 heteroatoms. The van der Waals surface area contributed by atoms with Gasteiger partial charge in [0.15, 0.2) is 0 Å². The smallest absolute Gasteiger partial charge is 0.230 e. The Kier molecular flexibility index (Phi) is 5.76. The average molecular weight is 398 g/mol. The van der Waals surface area contributed by atoms with Crippen LogP contribution in [0.2, 0.25) is 0 Å². The van der Waals surface area contributed by atoms with Gasteiger partial charge < -0.3 is 10.1 Å². The number of nitrogens with zero attached hydrogens (tertiary/aromatic N) is 4. The molecule has 0 radical (unpaired) electrons. The zero-order chi connectivity index (χ0) is 19.3. The second-order valence-electron chi connectivity index (χ2n) is 6.96. The molecule has 0 unspecified atom stereocenters. The summed E-state index contributed by atoms with van der Waals surface area (Å²) < 4.78 is 7.13. The summed E-state index contributed by atoms with van der Waals surface area (Å²) in [6, 6.07) is 12.5. The van der Waals surface area contributed by atoms with Gasteiger partial charge in [-0.1, -0.05) is 42.8 Å². The van der Waals surface area contributed by atoms with Crippen molar-refractivity contribution in [2.24, 2.45) is 0 Å². The number of methoxy groups -OCH3 is 1. The predicted octanol–water partition coefficient (Wildman–Crippen LogP) is 3.36. The van der Waals surface area contributed by atoms with E-state index < -0.39 is 0 Å². The molecule has 1 aliphatic rings. The maximum Gasteiger partial charge on any atom is 0.230 e. The molecule has 0 spiro atoms. The van der Waals surface area contributed by atoms with E-state index in [0.29, 0.717) is 18.3 Å². The minimum absolute atomic E-state index is 0.0270. The summed E-state index contributed by atoms with van der Waals surface area (Å²) in [5.74, 6) is 1.11. The Hall–Kier alpha value is -2.61. The van der Waals surface area contributed by atoms with Crippen LogP contribution in [0.25, 0.3) is 10.8 Å². The molecule has 0 bridgehead atoms. The van der Waals surface area contributed by atoms with Gasteiger partial charge in [-0.05, 0) is 57.8 Å². The minimum atomic E-state index is -0.0270. The highest BCUT2D eigenvalue weighted by molar-refractivity contribution is 7.99. The molecule has 7 nitrogen and oxygen atoms in total. The van der Waals surface area contributed by atoms with Crippen molar-refractivity contribution in [1.29, 1.82) is 0 Å². The van der Waals surface area contributed by atoms with E-state index in [9.17, 15) is 4.79 Å². The largest absolute Gasteiger partial charge is 0.497 e. The van der Waals surface area contributed by atoms with Gasteiger partial charge in [-0.15, -0.1) is 5.10 Å². The monoisotopic (exact) mass is 397 g/mol. The summed E-state index contributed by atoms with van der Waals surface area (Å²) in [7, 11) is 1.66. The third-order valence-electron chi connectivity index (χ3n) is 5.07. The zero-order valence-corrected chi connectivity index (χ0v) is 16.6. The molecule has 2 aromatic carbocycles. The van der Waals surface area contributed by atoms with Crippen LogP contribution in [0, 0.1) is 0 Å². The van der Waals surface area contributed by atoms with Crippen LogP contribution < -0.4 is 10.1 Å². The van der Waals surface area contributed by atoms with Crippen molar-refractivity contribution in [3.05, 3.63) is 42.0 Å². The Morgan fingerprint density at radius 2 is 2.00 bits per heavy atom. The van der Waals surface area contributed by atoms with Gasteiger partial charge in [-0.3, -0.25) is 4.79 Å². The van der Waals surface area contributed by atoms with Crippen LogP contribution in [0.1, 0.15) is 37.3 Å². The summed E-state index contributed by atoms with van der Waals surface area (Å²) >= 11 is 1.39. The third-order valence-corrected chi connectivity index (χ3v) is 6.00. The number of benzene rings is 2. The Morgan fingerprint density at radius 1 is 1.21 bits per heavy atom. The molecule has 146 valence electrons. The predicted molar refractivity (Wildman–Crippen MR) is 108 cm³/mol. The van der Waals surface area contributed by atoms with Crippen molar-refractivity contribution < 1.29 is 9.53 Å². The number of carbonyl (C=O) groups is 1. The maximum atomic E-state index is 12.3. The summed E-state index contributed by atoms with van der Waals surface area (Å²) in [5.41, 5.74) is 1.06. The van der Waals surface area contributed by atoms with Crippen molar-refractivity contribution >= 4 is 28.4 Å². The molecule has 0 saturated heterocycles. The number of amides is 1.